The third-order valence-corrected chi connectivity index (χ3v) is 5.16. The molecule has 0 aliphatic heterocycles. The Kier molecular flexibility index (Phi) is 4.67. The van der Waals surface area contributed by atoms with Gasteiger partial charge in [0.25, 0.3) is 0 Å². The van der Waals surface area contributed by atoms with Gasteiger partial charge in [0, 0.05) is 30.4 Å². The first-order valence-electron chi connectivity index (χ1n) is 7.78. The van der Waals surface area contributed by atoms with Crippen LogP contribution >= 0.6 is 0 Å². The van der Waals surface area contributed by atoms with Crippen molar-refractivity contribution < 1.29 is 0 Å². The molecule has 4 unspecified atom stereocenters. The van der Waals surface area contributed by atoms with Crippen LogP contribution in [0, 0.1) is 17.8 Å². The van der Waals surface area contributed by atoms with Gasteiger partial charge in [0.2, 0.25) is 0 Å². The lowest BCUT2D eigenvalue weighted by Crippen LogP contribution is -2.30. The summed E-state index contributed by atoms with van der Waals surface area (Å²) >= 11 is 0. The molecule has 4 atom stereocenters. The lowest BCUT2D eigenvalue weighted by atomic mass is 9.77. The molecule has 0 saturated heterocycles. The molecule has 0 radical (unpaired) electrons. The molecule has 1 saturated carbocycles. The minimum absolute atomic E-state index is 0.423. The first kappa shape index (κ1) is 14.6. The van der Waals surface area contributed by atoms with Crippen molar-refractivity contribution in [3.63, 3.8) is 0 Å². The number of hydrogen-bond acceptors (Lipinski definition) is 2. The number of hydrogen-bond donors (Lipinski definition) is 1. The highest BCUT2D eigenvalue weighted by Crippen LogP contribution is 2.39. The van der Waals surface area contributed by atoms with Crippen molar-refractivity contribution in [3.05, 3.63) is 18.2 Å². The molecule has 1 aliphatic rings. The zero-order valence-electron chi connectivity index (χ0n) is 12.8. The highest BCUT2D eigenvalue weighted by Gasteiger charge is 2.30. The van der Waals surface area contributed by atoms with E-state index < -0.39 is 0 Å². The Morgan fingerprint density at radius 3 is 2.74 bits per heavy atom. The van der Waals surface area contributed by atoms with E-state index >= 15 is 0 Å². The molecule has 0 aromatic carbocycles. The summed E-state index contributed by atoms with van der Waals surface area (Å²) in [5.74, 6) is 2.53. The number of imidazole rings is 1. The Bertz CT molecular complexity index is 396. The second-order valence-electron chi connectivity index (χ2n) is 6.65. The van der Waals surface area contributed by atoms with Crippen molar-refractivity contribution >= 4 is 0 Å². The third kappa shape index (κ3) is 2.86. The van der Waals surface area contributed by atoms with Crippen LogP contribution in [0.2, 0.25) is 0 Å². The van der Waals surface area contributed by atoms with Crippen LogP contribution < -0.4 is 5.73 Å². The van der Waals surface area contributed by atoms with E-state index in [2.05, 4.69) is 37.2 Å². The minimum atomic E-state index is 0.423. The first-order chi connectivity index (χ1) is 9.06. The van der Waals surface area contributed by atoms with Crippen molar-refractivity contribution in [2.45, 2.75) is 58.9 Å². The number of nitrogens with two attached hydrogens (primary N) is 1. The fourth-order valence-electron chi connectivity index (χ4n) is 3.56. The van der Waals surface area contributed by atoms with E-state index in [1.807, 2.05) is 12.5 Å². The van der Waals surface area contributed by atoms with Crippen LogP contribution in [-0.2, 0) is 0 Å². The third-order valence-electron chi connectivity index (χ3n) is 5.16. The van der Waals surface area contributed by atoms with Crippen LogP contribution in [0.1, 0.15) is 64.6 Å². The van der Waals surface area contributed by atoms with Gasteiger partial charge in [-0.25, -0.2) is 4.98 Å². The Balaban J connectivity index is 2.28. The molecule has 19 heavy (non-hydrogen) atoms. The second kappa shape index (κ2) is 6.08. The second-order valence-corrected chi connectivity index (χ2v) is 6.65. The van der Waals surface area contributed by atoms with E-state index in [9.17, 15) is 0 Å². The zero-order chi connectivity index (χ0) is 14.0. The Labute approximate surface area is 117 Å². The molecular formula is C16H29N3. The van der Waals surface area contributed by atoms with Crippen LogP contribution in [0.15, 0.2) is 12.5 Å². The van der Waals surface area contributed by atoms with Crippen molar-refractivity contribution in [2.75, 3.05) is 6.54 Å². The summed E-state index contributed by atoms with van der Waals surface area (Å²) in [6.07, 6.45) is 8.04. The van der Waals surface area contributed by atoms with Crippen molar-refractivity contribution in [3.8, 4) is 0 Å². The molecule has 108 valence electrons. The van der Waals surface area contributed by atoms with Gasteiger partial charge in [0.05, 0.1) is 6.33 Å². The monoisotopic (exact) mass is 263 g/mol. The van der Waals surface area contributed by atoms with E-state index in [0.29, 0.717) is 24.4 Å². The molecule has 0 amide bonds. The van der Waals surface area contributed by atoms with Gasteiger partial charge < -0.3 is 10.3 Å². The Hall–Kier alpha value is -0.830. The summed E-state index contributed by atoms with van der Waals surface area (Å²) in [6, 6.07) is 0.606. The molecule has 1 heterocycles. The normalized spacial score (nSPS) is 29.7. The smallest absolute Gasteiger partial charge is 0.0950 e. The average molecular weight is 263 g/mol. The number of rotatable bonds is 4. The van der Waals surface area contributed by atoms with Crippen molar-refractivity contribution in [1.29, 1.82) is 0 Å². The van der Waals surface area contributed by atoms with Crippen LogP contribution in [0.3, 0.4) is 0 Å². The molecule has 0 spiro atoms. The van der Waals surface area contributed by atoms with E-state index in [-0.39, 0.29) is 0 Å². The maximum absolute atomic E-state index is 5.98. The predicted molar refractivity (Wildman–Crippen MR) is 80.1 cm³/mol. The lowest BCUT2D eigenvalue weighted by Gasteiger charge is -2.37. The molecule has 1 aromatic heterocycles. The van der Waals surface area contributed by atoms with Crippen molar-refractivity contribution in [2.24, 2.45) is 23.5 Å². The topological polar surface area (TPSA) is 43.8 Å². The molecule has 1 fully saturated rings. The highest BCUT2D eigenvalue weighted by molar-refractivity contribution is 5.10. The van der Waals surface area contributed by atoms with Gasteiger partial charge in [0.1, 0.15) is 0 Å². The highest BCUT2D eigenvalue weighted by atomic mass is 15.1. The fraction of sp³-hybridized carbons (Fsp3) is 0.812. The van der Waals surface area contributed by atoms with Gasteiger partial charge in [-0.3, -0.25) is 0 Å². The van der Waals surface area contributed by atoms with Gasteiger partial charge in [-0.05, 0) is 24.2 Å². The first-order valence-corrected chi connectivity index (χ1v) is 7.78. The fourth-order valence-corrected chi connectivity index (χ4v) is 3.56. The molecule has 3 nitrogen and oxygen atoms in total. The molecule has 2 N–H and O–H groups in total. The Morgan fingerprint density at radius 1 is 1.37 bits per heavy atom. The largest absolute Gasteiger partial charge is 0.331 e. The maximum Gasteiger partial charge on any atom is 0.0950 e. The van der Waals surface area contributed by atoms with Crippen molar-refractivity contribution in [1.82, 2.24) is 9.55 Å². The summed E-state index contributed by atoms with van der Waals surface area (Å²) < 4.78 is 2.43. The lowest BCUT2D eigenvalue weighted by molar-refractivity contribution is 0.181. The van der Waals surface area contributed by atoms with Gasteiger partial charge in [-0.2, -0.15) is 0 Å². The summed E-state index contributed by atoms with van der Waals surface area (Å²) in [5.41, 5.74) is 7.32. The maximum atomic E-state index is 5.98. The van der Waals surface area contributed by atoms with Crippen LogP contribution in [0.25, 0.3) is 0 Å². The molecular weight excluding hydrogens is 234 g/mol. The standard InChI is InChI=1S/C16H29N3/c1-11(2)14(8-17)16-9-18-10-19(16)15-7-5-6-12(3)13(15)4/h9-15H,5-8,17H2,1-4H3. The summed E-state index contributed by atoms with van der Waals surface area (Å²) in [5, 5.41) is 0. The molecule has 0 bridgehead atoms. The molecule has 2 rings (SSSR count). The predicted octanol–water partition coefficient (Wildman–Crippen LogP) is 3.58. The van der Waals surface area contributed by atoms with E-state index in [1.54, 1.807) is 0 Å². The van der Waals surface area contributed by atoms with E-state index in [4.69, 9.17) is 5.73 Å². The summed E-state index contributed by atoms with van der Waals surface area (Å²) in [4.78, 5) is 4.42. The van der Waals surface area contributed by atoms with E-state index in [0.717, 1.165) is 11.8 Å². The quantitative estimate of drug-likeness (QED) is 0.902. The van der Waals surface area contributed by atoms with Crippen LogP contribution in [0.5, 0.6) is 0 Å². The van der Waals surface area contributed by atoms with Gasteiger partial charge >= 0.3 is 0 Å². The van der Waals surface area contributed by atoms with Crippen LogP contribution in [-0.4, -0.2) is 16.1 Å². The number of aromatic nitrogens is 2. The molecule has 3 heteroatoms. The summed E-state index contributed by atoms with van der Waals surface area (Å²) in [6.45, 7) is 9.99. The van der Waals surface area contributed by atoms with Gasteiger partial charge in [-0.1, -0.05) is 40.5 Å². The minimum Gasteiger partial charge on any atom is -0.331 e. The summed E-state index contributed by atoms with van der Waals surface area (Å²) in [7, 11) is 0. The average Bonchev–Trinajstić information content (AvgIpc) is 2.82. The zero-order valence-corrected chi connectivity index (χ0v) is 12.8. The van der Waals surface area contributed by atoms with Gasteiger partial charge in [-0.15, -0.1) is 0 Å². The van der Waals surface area contributed by atoms with E-state index in [1.165, 1.54) is 25.0 Å². The SMILES string of the molecule is CC(C)C(CN)c1cncn1C1CCCC(C)C1C. The molecule has 1 aliphatic carbocycles. The number of nitrogens with zero attached hydrogens (tertiary/aromatic N) is 2. The van der Waals surface area contributed by atoms with Gasteiger partial charge in [0.15, 0.2) is 0 Å². The molecule has 1 aromatic rings. The van der Waals surface area contributed by atoms with Crippen LogP contribution in [0.4, 0.5) is 0 Å². The Morgan fingerprint density at radius 2 is 2.11 bits per heavy atom.